The summed E-state index contributed by atoms with van der Waals surface area (Å²) in [6.07, 6.45) is 1.49. The van der Waals surface area contributed by atoms with Gasteiger partial charge in [-0.2, -0.15) is 0 Å². The lowest BCUT2D eigenvalue weighted by molar-refractivity contribution is 0.0964. The first-order chi connectivity index (χ1) is 17.0. The molecule has 3 aromatic carbocycles. The molecule has 0 saturated carbocycles. The molecule has 0 atom stereocenters. The molecule has 3 aromatic rings. The minimum absolute atomic E-state index is 0.0699. The Bertz CT molecular complexity index is 1290. The molecule has 1 heterocycles. The molecule has 1 aliphatic heterocycles. The monoisotopic (exact) mass is 476 g/mol. The SMILES string of the molecule is COc1ccc(C(=O)/C(=C/c2ccc(OC)c(OC)c2OC)C(=O)c2ccc3c(c2)OCO3)cc1. The zero-order valence-corrected chi connectivity index (χ0v) is 19.7. The van der Waals surface area contributed by atoms with Crippen molar-refractivity contribution >= 4 is 17.6 Å². The highest BCUT2D eigenvalue weighted by molar-refractivity contribution is 6.33. The second-order valence-corrected chi connectivity index (χ2v) is 7.44. The standard InChI is InChI=1S/C27H24O8/c1-30-19-9-5-16(6-10-19)24(28)20(25(29)17-7-11-21-23(14-17)35-15-34-21)13-18-8-12-22(31-2)27(33-4)26(18)32-3/h5-14H,15H2,1-4H3/b20-13-. The number of carbonyl (C=O) groups excluding carboxylic acids is 2. The molecule has 0 N–H and O–H groups in total. The average Bonchev–Trinajstić information content (AvgIpc) is 3.38. The van der Waals surface area contributed by atoms with E-state index in [1.165, 1.54) is 34.5 Å². The van der Waals surface area contributed by atoms with Gasteiger partial charge in [-0.3, -0.25) is 9.59 Å². The summed E-state index contributed by atoms with van der Waals surface area (Å²) in [7, 11) is 6.00. The summed E-state index contributed by atoms with van der Waals surface area (Å²) in [6.45, 7) is 0.0727. The average molecular weight is 476 g/mol. The van der Waals surface area contributed by atoms with Gasteiger partial charge in [-0.25, -0.2) is 0 Å². The number of ether oxygens (including phenoxy) is 6. The van der Waals surface area contributed by atoms with E-state index in [9.17, 15) is 9.59 Å². The lowest BCUT2D eigenvalue weighted by Gasteiger charge is -2.15. The maximum atomic E-state index is 13.7. The van der Waals surface area contributed by atoms with E-state index in [1.54, 1.807) is 54.6 Å². The molecule has 0 aromatic heterocycles. The fourth-order valence-electron chi connectivity index (χ4n) is 3.72. The maximum absolute atomic E-state index is 13.7. The Kier molecular flexibility index (Phi) is 6.91. The molecule has 0 aliphatic carbocycles. The zero-order chi connectivity index (χ0) is 24.9. The summed E-state index contributed by atoms with van der Waals surface area (Å²) in [4.78, 5) is 27.2. The van der Waals surface area contributed by atoms with Crippen LogP contribution in [0.5, 0.6) is 34.5 Å². The van der Waals surface area contributed by atoms with Crippen LogP contribution in [-0.2, 0) is 0 Å². The largest absolute Gasteiger partial charge is 0.497 e. The van der Waals surface area contributed by atoms with Gasteiger partial charge in [0.1, 0.15) is 5.75 Å². The first-order valence-corrected chi connectivity index (χ1v) is 10.6. The zero-order valence-electron chi connectivity index (χ0n) is 19.7. The summed E-state index contributed by atoms with van der Waals surface area (Å²) in [5, 5.41) is 0. The van der Waals surface area contributed by atoms with Gasteiger partial charge in [0.15, 0.2) is 34.6 Å². The van der Waals surface area contributed by atoms with Gasteiger partial charge in [-0.05, 0) is 60.7 Å². The third kappa shape index (κ3) is 4.63. The van der Waals surface area contributed by atoms with Crippen LogP contribution in [-0.4, -0.2) is 46.8 Å². The van der Waals surface area contributed by atoms with E-state index in [0.717, 1.165) is 0 Å². The van der Waals surface area contributed by atoms with Crippen molar-refractivity contribution in [3.8, 4) is 34.5 Å². The van der Waals surface area contributed by atoms with E-state index >= 15 is 0 Å². The molecular formula is C27H24O8. The van der Waals surface area contributed by atoms with Crippen molar-refractivity contribution in [2.45, 2.75) is 0 Å². The number of Topliss-reactive ketones (excluding diaryl/α,β-unsaturated/α-hetero) is 2. The molecule has 0 bridgehead atoms. The number of allylic oxidation sites excluding steroid dienone is 1. The van der Waals surface area contributed by atoms with Crippen molar-refractivity contribution in [3.63, 3.8) is 0 Å². The number of benzene rings is 3. The molecule has 4 rings (SSSR count). The second-order valence-electron chi connectivity index (χ2n) is 7.44. The first-order valence-electron chi connectivity index (χ1n) is 10.6. The van der Waals surface area contributed by atoms with Gasteiger partial charge in [-0.1, -0.05) is 0 Å². The highest BCUT2D eigenvalue weighted by Gasteiger charge is 2.25. The summed E-state index contributed by atoms with van der Waals surface area (Å²) in [5.74, 6) is 1.74. The van der Waals surface area contributed by atoms with Crippen molar-refractivity contribution in [1.82, 2.24) is 0 Å². The van der Waals surface area contributed by atoms with Gasteiger partial charge < -0.3 is 28.4 Å². The Morgan fingerprint density at radius 1 is 0.714 bits per heavy atom. The number of ketones is 2. The van der Waals surface area contributed by atoms with Crippen molar-refractivity contribution in [2.24, 2.45) is 0 Å². The van der Waals surface area contributed by atoms with Crippen LogP contribution in [0.2, 0.25) is 0 Å². The summed E-state index contributed by atoms with van der Waals surface area (Å²) >= 11 is 0. The summed E-state index contributed by atoms with van der Waals surface area (Å²) < 4.78 is 32.3. The Hall–Kier alpha value is -4.46. The van der Waals surface area contributed by atoms with Crippen molar-refractivity contribution in [1.29, 1.82) is 0 Å². The van der Waals surface area contributed by atoms with E-state index in [1.807, 2.05) is 0 Å². The molecule has 0 unspecified atom stereocenters. The van der Waals surface area contributed by atoms with Crippen LogP contribution in [0.15, 0.2) is 60.2 Å². The number of rotatable bonds is 9. The van der Waals surface area contributed by atoms with E-state index < -0.39 is 11.6 Å². The second kappa shape index (κ2) is 10.2. The van der Waals surface area contributed by atoms with Crippen LogP contribution < -0.4 is 28.4 Å². The minimum Gasteiger partial charge on any atom is -0.497 e. The van der Waals surface area contributed by atoms with Crippen LogP contribution in [0.3, 0.4) is 0 Å². The molecule has 180 valence electrons. The molecule has 0 spiro atoms. The third-order valence-electron chi connectivity index (χ3n) is 5.51. The summed E-state index contributed by atoms with van der Waals surface area (Å²) in [5.41, 5.74) is 1.00. The topological polar surface area (TPSA) is 89.5 Å². The lowest BCUT2D eigenvalue weighted by Crippen LogP contribution is -2.14. The molecule has 8 heteroatoms. The van der Waals surface area contributed by atoms with Crippen molar-refractivity contribution in [3.05, 3.63) is 76.9 Å². The van der Waals surface area contributed by atoms with Gasteiger partial charge in [0, 0.05) is 16.7 Å². The predicted octanol–water partition coefficient (Wildman–Crippen LogP) is 4.60. The fourth-order valence-corrected chi connectivity index (χ4v) is 3.72. The third-order valence-corrected chi connectivity index (χ3v) is 5.51. The smallest absolute Gasteiger partial charge is 0.231 e. The van der Waals surface area contributed by atoms with Crippen molar-refractivity contribution < 1.29 is 38.0 Å². The van der Waals surface area contributed by atoms with E-state index in [4.69, 9.17) is 28.4 Å². The van der Waals surface area contributed by atoms with Gasteiger partial charge in [0.05, 0.1) is 34.0 Å². The summed E-state index contributed by atoms with van der Waals surface area (Å²) in [6, 6.07) is 14.7. The number of carbonyl (C=O) groups is 2. The molecule has 0 radical (unpaired) electrons. The first kappa shape index (κ1) is 23.7. The highest BCUT2D eigenvalue weighted by atomic mass is 16.7. The molecule has 1 aliphatic rings. The molecule has 0 amide bonds. The number of hydrogen-bond acceptors (Lipinski definition) is 8. The quantitative estimate of drug-likeness (QED) is 0.192. The lowest BCUT2D eigenvalue weighted by atomic mass is 9.93. The van der Waals surface area contributed by atoms with Gasteiger partial charge >= 0.3 is 0 Å². The van der Waals surface area contributed by atoms with Crippen molar-refractivity contribution in [2.75, 3.05) is 35.2 Å². The highest BCUT2D eigenvalue weighted by Crippen LogP contribution is 2.41. The van der Waals surface area contributed by atoms with Gasteiger partial charge in [0.25, 0.3) is 0 Å². The Labute approximate surface area is 202 Å². The van der Waals surface area contributed by atoms with Gasteiger partial charge in [0.2, 0.25) is 12.5 Å². The van der Waals surface area contributed by atoms with Gasteiger partial charge in [-0.15, -0.1) is 0 Å². The van der Waals surface area contributed by atoms with E-state index in [2.05, 4.69) is 0 Å². The number of fused-ring (bicyclic) bond motifs is 1. The Balaban J connectivity index is 1.85. The van der Waals surface area contributed by atoms with E-state index in [-0.39, 0.29) is 17.9 Å². The molecule has 0 saturated heterocycles. The van der Waals surface area contributed by atoms with Crippen LogP contribution >= 0.6 is 0 Å². The maximum Gasteiger partial charge on any atom is 0.231 e. The number of hydrogen-bond donors (Lipinski definition) is 0. The predicted molar refractivity (Wildman–Crippen MR) is 128 cm³/mol. The normalized spacial score (nSPS) is 12.2. The van der Waals surface area contributed by atoms with Crippen LogP contribution in [0, 0.1) is 0 Å². The Morgan fingerprint density at radius 3 is 2.03 bits per heavy atom. The molecule has 8 nitrogen and oxygen atoms in total. The Morgan fingerprint density at radius 2 is 1.37 bits per heavy atom. The van der Waals surface area contributed by atoms with Crippen LogP contribution in [0.25, 0.3) is 6.08 Å². The fraction of sp³-hybridized carbons (Fsp3) is 0.185. The number of methoxy groups -OCH3 is 4. The minimum atomic E-state index is -0.485. The molecule has 35 heavy (non-hydrogen) atoms. The van der Waals surface area contributed by atoms with E-state index in [0.29, 0.717) is 45.6 Å². The molecular weight excluding hydrogens is 452 g/mol. The molecule has 0 fully saturated rings. The van der Waals surface area contributed by atoms with Crippen LogP contribution in [0.4, 0.5) is 0 Å². The van der Waals surface area contributed by atoms with Crippen LogP contribution in [0.1, 0.15) is 26.3 Å².